The van der Waals surface area contributed by atoms with Gasteiger partial charge in [-0.2, -0.15) is 0 Å². The summed E-state index contributed by atoms with van der Waals surface area (Å²) in [6.07, 6.45) is 2.58. The van der Waals surface area contributed by atoms with E-state index in [-0.39, 0.29) is 5.60 Å². The van der Waals surface area contributed by atoms with Gasteiger partial charge in [0, 0.05) is 11.5 Å². The molecule has 1 heterocycles. The minimum atomic E-state index is -0.983. The van der Waals surface area contributed by atoms with Gasteiger partial charge < -0.3 is 9.84 Å². The molecule has 0 amide bonds. The topological polar surface area (TPSA) is 59.4 Å². The summed E-state index contributed by atoms with van der Waals surface area (Å²) in [7, 11) is 0. The van der Waals surface area contributed by atoms with Crippen LogP contribution in [0, 0.1) is 6.92 Å². The van der Waals surface area contributed by atoms with Crippen molar-refractivity contribution >= 4 is 22.9 Å². The number of carbonyl (C=O) groups is 1. The maximum atomic E-state index is 10.6. The highest BCUT2D eigenvalue weighted by Gasteiger charge is 2.12. The number of pyridine rings is 1. The maximum Gasteiger partial charge on any atom is 0.328 e. The van der Waals surface area contributed by atoms with Gasteiger partial charge in [0.1, 0.15) is 11.4 Å². The molecule has 4 heteroatoms. The Morgan fingerprint density at radius 3 is 2.62 bits per heavy atom. The molecule has 4 nitrogen and oxygen atoms in total. The molecule has 0 atom stereocenters. The first-order valence-corrected chi connectivity index (χ1v) is 6.76. The van der Waals surface area contributed by atoms with Crippen LogP contribution in [0.25, 0.3) is 17.0 Å². The van der Waals surface area contributed by atoms with Gasteiger partial charge in [0.2, 0.25) is 0 Å². The van der Waals surface area contributed by atoms with Crippen molar-refractivity contribution in [2.45, 2.75) is 33.3 Å². The summed E-state index contributed by atoms with van der Waals surface area (Å²) in [5.41, 5.74) is 2.23. The molecule has 110 valence electrons. The Morgan fingerprint density at radius 2 is 2.00 bits per heavy atom. The Kier molecular flexibility index (Phi) is 3.98. The van der Waals surface area contributed by atoms with Crippen LogP contribution in [0.1, 0.15) is 32.0 Å². The van der Waals surface area contributed by atoms with E-state index >= 15 is 0 Å². The number of hydrogen-bond donors (Lipinski definition) is 1. The van der Waals surface area contributed by atoms with Crippen LogP contribution >= 0.6 is 0 Å². The van der Waals surface area contributed by atoms with Gasteiger partial charge in [-0.3, -0.25) is 0 Å². The first-order valence-electron chi connectivity index (χ1n) is 6.76. The fourth-order valence-electron chi connectivity index (χ4n) is 2.06. The van der Waals surface area contributed by atoms with Crippen molar-refractivity contribution in [2.24, 2.45) is 0 Å². The van der Waals surface area contributed by atoms with E-state index in [0.29, 0.717) is 5.69 Å². The molecular weight excluding hydrogens is 266 g/mol. The lowest BCUT2D eigenvalue weighted by Crippen LogP contribution is -2.22. The van der Waals surface area contributed by atoms with Gasteiger partial charge in [-0.15, -0.1) is 0 Å². The summed E-state index contributed by atoms with van der Waals surface area (Å²) in [6.45, 7) is 7.98. The average Bonchev–Trinajstić information content (AvgIpc) is 2.35. The third-order valence-corrected chi connectivity index (χ3v) is 2.83. The predicted octanol–water partition coefficient (Wildman–Crippen LogP) is 3.82. The van der Waals surface area contributed by atoms with Gasteiger partial charge in [0.05, 0.1) is 11.2 Å². The first kappa shape index (κ1) is 15.0. The number of aryl methyl sites for hydroxylation is 1. The second-order valence-electron chi connectivity index (χ2n) is 5.93. The van der Waals surface area contributed by atoms with Crippen molar-refractivity contribution in [2.75, 3.05) is 0 Å². The van der Waals surface area contributed by atoms with Gasteiger partial charge in [-0.1, -0.05) is 0 Å². The minimum Gasteiger partial charge on any atom is -0.488 e. The molecule has 0 aliphatic carbocycles. The second-order valence-corrected chi connectivity index (χ2v) is 5.93. The Labute approximate surface area is 124 Å². The third-order valence-electron chi connectivity index (χ3n) is 2.83. The molecule has 0 fully saturated rings. The molecule has 1 aromatic heterocycles. The number of nitrogens with zero attached hydrogens (tertiary/aromatic N) is 1. The normalized spacial score (nSPS) is 12.0. The van der Waals surface area contributed by atoms with Gasteiger partial charge >= 0.3 is 5.97 Å². The number of rotatable bonds is 3. The van der Waals surface area contributed by atoms with Crippen molar-refractivity contribution in [3.63, 3.8) is 0 Å². The van der Waals surface area contributed by atoms with E-state index in [2.05, 4.69) is 4.98 Å². The number of carboxylic acid groups (broad SMARTS) is 1. The van der Waals surface area contributed by atoms with E-state index in [1.165, 1.54) is 6.08 Å². The number of hydrogen-bond acceptors (Lipinski definition) is 3. The van der Waals surface area contributed by atoms with Crippen molar-refractivity contribution in [3.05, 3.63) is 41.6 Å². The quantitative estimate of drug-likeness (QED) is 0.871. The summed E-state index contributed by atoms with van der Waals surface area (Å²) in [6, 6.07) is 7.60. The van der Waals surface area contributed by atoms with Crippen molar-refractivity contribution in [3.8, 4) is 5.75 Å². The first-order chi connectivity index (χ1) is 9.74. The van der Waals surface area contributed by atoms with Crippen LogP contribution < -0.4 is 4.74 Å². The maximum absolute atomic E-state index is 10.6. The predicted molar refractivity (Wildman–Crippen MR) is 83.5 cm³/mol. The number of aromatic nitrogens is 1. The fourth-order valence-corrected chi connectivity index (χ4v) is 2.06. The number of benzene rings is 1. The second kappa shape index (κ2) is 5.56. The Hall–Kier alpha value is -2.36. The molecule has 2 aromatic rings. The Balaban J connectivity index is 2.43. The van der Waals surface area contributed by atoms with Crippen molar-refractivity contribution in [1.82, 2.24) is 4.98 Å². The van der Waals surface area contributed by atoms with Crippen LogP contribution in [0.2, 0.25) is 0 Å². The standard InChI is InChI=1S/C17H19NO3/c1-11-9-12(5-8-16(19)20)18-15-7-6-13(10-14(11)15)21-17(2,3)4/h5-10H,1-4H3,(H,19,20)/b8-5+. The largest absolute Gasteiger partial charge is 0.488 e. The highest BCUT2D eigenvalue weighted by molar-refractivity contribution is 5.87. The molecule has 1 N–H and O–H groups in total. The molecule has 0 bridgehead atoms. The minimum absolute atomic E-state index is 0.251. The highest BCUT2D eigenvalue weighted by atomic mass is 16.5. The molecule has 0 aliphatic heterocycles. The smallest absolute Gasteiger partial charge is 0.328 e. The number of aliphatic carboxylic acids is 1. The molecular formula is C17H19NO3. The van der Waals surface area contributed by atoms with Crippen LogP contribution in [0.3, 0.4) is 0 Å². The van der Waals surface area contributed by atoms with Gasteiger partial charge in [0.25, 0.3) is 0 Å². The average molecular weight is 285 g/mol. The van der Waals surface area contributed by atoms with Gasteiger partial charge in [0.15, 0.2) is 0 Å². The van der Waals surface area contributed by atoms with E-state index in [1.54, 1.807) is 0 Å². The SMILES string of the molecule is Cc1cc(/C=C/C(=O)O)nc2ccc(OC(C)(C)C)cc12. The lowest BCUT2D eigenvalue weighted by Gasteiger charge is -2.21. The molecule has 0 saturated heterocycles. The highest BCUT2D eigenvalue weighted by Crippen LogP contribution is 2.26. The summed E-state index contributed by atoms with van der Waals surface area (Å²) in [5, 5.41) is 9.67. The van der Waals surface area contributed by atoms with Crippen LogP contribution in [0.5, 0.6) is 5.75 Å². The molecule has 0 radical (unpaired) electrons. The molecule has 21 heavy (non-hydrogen) atoms. The molecule has 0 spiro atoms. The number of carboxylic acids is 1. The summed E-state index contributed by atoms with van der Waals surface area (Å²) in [4.78, 5) is 15.0. The van der Waals surface area contributed by atoms with Crippen LogP contribution in [-0.2, 0) is 4.79 Å². The monoisotopic (exact) mass is 285 g/mol. The fraction of sp³-hybridized carbons (Fsp3) is 0.294. The van der Waals surface area contributed by atoms with E-state index in [1.807, 2.05) is 52.0 Å². The van der Waals surface area contributed by atoms with Crippen LogP contribution in [0.4, 0.5) is 0 Å². The zero-order chi connectivity index (χ0) is 15.6. The van der Waals surface area contributed by atoms with E-state index in [9.17, 15) is 4.79 Å². The Morgan fingerprint density at radius 1 is 1.29 bits per heavy atom. The van der Waals surface area contributed by atoms with Crippen LogP contribution in [0.15, 0.2) is 30.3 Å². The lowest BCUT2D eigenvalue weighted by atomic mass is 10.1. The zero-order valence-corrected chi connectivity index (χ0v) is 12.7. The lowest BCUT2D eigenvalue weighted by molar-refractivity contribution is -0.131. The van der Waals surface area contributed by atoms with Gasteiger partial charge in [-0.25, -0.2) is 9.78 Å². The molecule has 0 aliphatic rings. The molecule has 0 saturated carbocycles. The number of fused-ring (bicyclic) bond motifs is 1. The molecule has 2 rings (SSSR count). The van der Waals surface area contributed by atoms with E-state index in [0.717, 1.165) is 28.3 Å². The summed E-state index contributed by atoms with van der Waals surface area (Å²) < 4.78 is 5.85. The van der Waals surface area contributed by atoms with Crippen molar-refractivity contribution in [1.29, 1.82) is 0 Å². The summed E-state index contributed by atoms with van der Waals surface area (Å²) in [5.74, 6) is -0.183. The van der Waals surface area contributed by atoms with E-state index in [4.69, 9.17) is 9.84 Å². The van der Waals surface area contributed by atoms with E-state index < -0.39 is 5.97 Å². The third kappa shape index (κ3) is 4.05. The van der Waals surface area contributed by atoms with Gasteiger partial charge in [-0.05, 0) is 63.6 Å². The van der Waals surface area contributed by atoms with Crippen LogP contribution in [-0.4, -0.2) is 21.7 Å². The Bertz CT molecular complexity index is 712. The van der Waals surface area contributed by atoms with Crippen molar-refractivity contribution < 1.29 is 14.6 Å². The molecule has 1 aromatic carbocycles. The zero-order valence-electron chi connectivity index (χ0n) is 12.7. The number of ether oxygens (including phenoxy) is 1. The molecule has 0 unspecified atom stereocenters. The summed E-state index contributed by atoms with van der Waals surface area (Å²) >= 11 is 0.